The molecule has 0 saturated heterocycles. The molecule has 8 amide bonds. The first kappa shape index (κ1) is 103. The Morgan fingerprint density at radius 2 is 0.729 bits per heavy atom. The van der Waals surface area contributed by atoms with Gasteiger partial charge in [0, 0.05) is 74.2 Å². The van der Waals surface area contributed by atoms with E-state index in [2.05, 4.69) is 134 Å². The lowest BCUT2D eigenvalue weighted by Gasteiger charge is -2.16. The van der Waals surface area contributed by atoms with Crippen LogP contribution in [-0.2, 0) is 6.18 Å². The number of aryl methyl sites for hydroxylation is 4. The maximum atomic E-state index is 14.3. The summed E-state index contributed by atoms with van der Waals surface area (Å²) in [4.78, 5) is 132. The van der Waals surface area contributed by atoms with Crippen molar-refractivity contribution >= 4 is 148 Å². The third-order valence-corrected chi connectivity index (χ3v) is 18.7. The number of alkyl halides is 3. The van der Waals surface area contributed by atoms with Gasteiger partial charge >= 0.3 is 6.18 Å². The minimum Gasteiger partial charge on any atom is -0.355 e. The Bertz CT molecular complexity index is 6300. The number of hydrogen-bond donors (Lipinski definition) is 8. The van der Waals surface area contributed by atoms with Crippen LogP contribution in [0.15, 0.2) is 155 Å². The van der Waals surface area contributed by atoms with Gasteiger partial charge in [-0.2, -0.15) is 33.6 Å². The van der Waals surface area contributed by atoms with Gasteiger partial charge in [-0.3, -0.25) is 38.4 Å². The largest absolute Gasteiger partial charge is 0.435 e. The van der Waals surface area contributed by atoms with Gasteiger partial charge in [0.2, 0.25) is 0 Å². The number of nitrogens with zero attached hydrogens (tertiary/aromatic N) is 16. The Hall–Kier alpha value is -14.8. The maximum Gasteiger partial charge on any atom is 0.435 e. The average molecular weight is 1940 g/mol. The molecule has 8 aromatic heterocycles. The molecule has 129 heavy (non-hydrogen) atoms. The lowest BCUT2D eigenvalue weighted by atomic mass is 10.0. The third-order valence-electron chi connectivity index (χ3n) is 17.4. The van der Waals surface area contributed by atoms with Crippen molar-refractivity contribution in [3.8, 4) is 23.3 Å². The number of hydrogen-bond acceptors (Lipinski definition) is 16. The summed E-state index contributed by atoms with van der Waals surface area (Å²) in [5, 5.41) is 37.3. The van der Waals surface area contributed by atoms with Gasteiger partial charge in [0.25, 0.3) is 47.3 Å². The highest BCUT2D eigenvalue weighted by molar-refractivity contribution is 9.10. The lowest BCUT2D eigenvalue weighted by molar-refractivity contribution is -0.141. The number of anilines is 4. The van der Waals surface area contributed by atoms with Crippen LogP contribution in [0.4, 0.5) is 71.8 Å². The summed E-state index contributed by atoms with van der Waals surface area (Å²) >= 11 is 18.6. The van der Waals surface area contributed by atoms with Crippen molar-refractivity contribution in [1.29, 1.82) is 0 Å². The second kappa shape index (κ2) is 44.8. The van der Waals surface area contributed by atoms with Crippen LogP contribution in [0.2, 0.25) is 10.2 Å². The van der Waals surface area contributed by atoms with Crippen LogP contribution >= 0.6 is 55.1 Å². The van der Waals surface area contributed by atoms with Crippen molar-refractivity contribution in [2.75, 3.05) is 28.3 Å². The fourth-order valence-electron chi connectivity index (χ4n) is 11.7. The molecular formula is C87H82Br2Cl2F6N24O8. The van der Waals surface area contributed by atoms with E-state index >= 15 is 0 Å². The molecule has 42 heteroatoms. The van der Waals surface area contributed by atoms with Crippen LogP contribution in [0.25, 0.3) is 42.7 Å². The number of pyridine rings is 4. The van der Waals surface area contributed by atoms with E-state index in [1.54, 1.807) is 78.8 Å². The van der Waals surface area contributed by atoms with E-state index in [0.29, 0.717) is 58.6 Å². The van der Waals surface area contributed by atoms with Crippen LogP contribution in [0.3, 0.4) is 0 Å². The molecule has 8 N–H and O–H groups in total. The lowest BCUT2D eigenvalue weighted by Crippen LogP contribution is -2.31. The molecule has 1 fully saturated rings. The Kier molecular flexibility index (Phi) is 35.8. The number of rotatable bonds is 19. The van der Waals surface area contributed by atoms with Crippen molar-refractivity contribution in [1.82, 2.24) is 80.3 Å². The zero-order valence-corrected chi connectivity index (χ0v) is 71.4. The molecule has 0 radical (unpaired) electrons. The number of carbonyl (C=O) groups excluding carboxylic acids is 8. The monoisotopic (exact) mass is 1930 g/mol. The molecule has 1 aliphatic carbocycles. The van der Waals surface area contributed by atoms with E-state index in [-0.39, 0.29) is 150 Å². The van der Waals surface area contributed by atoms with E-state index in [4.69, 9.17) is 49.5 Å². The molecule has 1 aliphatic rings. The molecule has 13 rings (SSSR count). The van der Waals surface area contributed by atoms with E-state index in [1.807, 2.05) is 0 Å². The molecule has 668 valence electrons. The number of halogens is 10. The summed E-state index contributed by atoms with van der Waals surface area (Å²) < 4.78 is 87.1. The second-order valence-corrected chi connectivity index (χ2v) is 29.9. The average Bonchev–Trinajstić information content (AvgIpc) is 1.67. The van der Waals surface area contributed by atoms with Crippen LogP contribution in [0.1, 0.15) is 182 Å². The van der Waals surface area contributed by atoms with Gasteiger partial charge in [0.05, 0.1) is 76.3 Å². The quantitative estimate of drug-likeness (QED) is 0.0275. The summed E-state index contributed by atoms with van der Waals surface area (Å²) in [6.07, 6.45) is 2.34. The summed E-state index contributed by atoms with van der Waals surface area (Å²) in [5.41, 5.74) is 2.20. The van der Waals surface area contributed by atoms with Crippen molar-refractivity contribution in [3.63, 3.8) is 0 Å². The van der Waals surface area contributed by atoms with E-state index < -0.39 is 82.2 Å². The number of aromatic nitrogens is 12. The van der Waals surface area contributed by atoms with Crippen molar-refractivity contribution in [3.05, 3.63) is 302 Å². The highest BCUT2D eigenvalue weighted by Crippen LogP contribution is 2.36. The van der Waals surface area contributed by atoms with E-state index in [1.165, 1.54) is 116 Å². The Labute approximate surface area is 763 Å². The first-order valence-electron chi connectivity index (χ1n) is 36.7. The fraction of sp³-hybridized carbons (Fsp3) is 0.218. The van der Waals surface area contributed by atoms with Gasteiger partial charge in [-0.25, -0.2) is 71.2 Å². The highest BCUT2D eigenvalue weighted by atomic mass is 79.9. The molecule has 0 bridgehead atoms. The second-order valence-electron chi connectivity index (χ2n) is 27.4. The molecule has 0 aliphatic heterocycles. The SMILES string of the molecule is C.C.C.C.[C-]#[N+]c1cc(C)c(NC(=O)c2cc(Br)nn2-c2ncccc2F)c(C(=O)NC(C)C)c1.[C-]#[N+]c1cc(C)c(NC(=O)c2cc(Br)nn2-c2ncccc2F)c(C(=O)NC)c1.[C-]#[N+]c1cc(C)c(NC(=O)c2cc(C(F)(F)F)nn2-c2ncccc2F)c(C(=O)NC(C)C)c1.[C-]#[N+]c1cc(C)c(NC(=O)c2cc(Cl)nn2-c2ncccc2Cl)c(C(=O)NC2CC2)c1. The van der Waals surface area contributed by atoms with Gasteiger partial charge in [-0.05, 0) is 195 Å². The molecule has 0 unspecified atom stereocenters. The van der Waals surface area contributed by atoms with Gasteiger partial charge < -0.3 is 42.5 Å². The summed E-state index contributed by atoms with van der Waals surface area (Å²) in [5.74, 6) is -7.68. The van der Waals surface area contributed by atoms with Crippen LogP contribution in [-0.4, -0.2) is 131 Å². The highest BCUT2D eigenvalue weighted by Gasteiger charge is 2.38. The Morgan fingerprint density at radius 1 is 0.426 bits per heavy atom. The van der Waals surface area contributed by atoms with E-state index in [0.717, 1.165) is 34.5 Å². The van der Waals surface area contributed by atoms with E-state index in [9.17, 15) is 64.7 Å². The van der Waals surface area contributed by atoms with Gasteiger partial charge in [-0.15, -0.1) is 0 Å². The molecular weight excluding hydrogens is 1850 g/mol. The van der Waals surface area contributed by atoms with Gasteiger partial charge in [0.15, 0.2) is 74.3 Å². The van der Waals surface area contributed by atoms with Crippen LogP contribution < -0.4 is 42.5 Å². The number of amides is 8. The fourth-order valence-corrected chi connectivity index (χ4v) is 12.9. The molecule has 0 atom stereocenters. The van der Waals surface area contributed by atoms with Gasteiger partial charge in [-0.1, -0.05) is 77.2 Å². The predicted molar refractivity (Wildman–Crippen MR) is 483 cm³/mol. The topological polar surface area (TPSA) is 373 Å². The van der Waals surface area contributed by atoms with Crippen LogP contribution in [0, 0.1) is 71.4 Å². The zero-order chi connectivity index (χ0) is 91.2. The molecule has 1 saturated carbocycles. The molecule has 4 aromatic carbocycles. The van der Waals surface area contributed by atoms with Crippen LogP contribution in [0.5, 0.6) is 0 Å². The number of benzene rings is 4. The third kappa shape index (κ3) is 25.1. The normalized spacial score (nSPS) is 10.9. The molecule has 0 spiro atoms. The summed E-state index contributed by atoms with van der Waals surface area (Å²) in [6.45, 7) is 42.6. The Morgan fingerprint density at radius 3 is 1.04 bits per heavy atom. The number of carbonyl (C=O) groups is 8. The molecule has 12 aromatic rings. The minimum absolute atomic E-state index is 0. The minimum atomic E-state index is -4.92. The first-order valence-corrected chi connectivity index (χ1v) is 39.1. The first-order chi connectivity index (χ1) is 59.3. The molecule has 32 nitrogen and oxygen atoms in total. The standard InChI is InChI=1S/C22H18F4N6O2.C21H18BrFN6O2.C21H16Cl2N6O2.C19H14BrFN6O2.4CH4/c1-11(2)29-20(33)14-9-13(27-4)8-12(3)18(14)30-21(34)16-10-17(22(24,25)26)31-32(16)19-15(23)6-5-7-28-19;1-11(2)26-20(30)14-9-13(24-4)8-12(3)18(14)27-21(31)16-10-17(22)28-29(16)19-15(23)6-5-7-25-19;1-11-8-13(24-2)9-14(20(30)26-12-5-6-12)18(11)27-21(31)16-10-17(23)28-29(16)19-15(22)4-3-7-25-19;1-10-7-11(22-2)8-12(18(28)23-3)16(10)25-19(29)14-9-15(20)26-27(14)17-13(21)5-4-6-24-17;;;;/h5-11H,1-3H3,(H,29,33)(H,30,34);5-11H,1-3H3,(H,26,30)(H,27,31);3-4,7-10,12H,5-6H2,1H3,(H,26,30)(H,27,31);4-9H,1,3H3,(H,23,28)(H,25,29);4*1H4. The summed E-state index contributed by atoms with van der Waals surface area (Å²) in [7, 11) is 1.45. The smallest absolute Gasteiger partial charge is 0.355 e. The summed E-state index contributed by atoms with van der Waals surface area (Å²) in [6, 6.07) is 26.8. The van der Waals surface area contributed by atoms with Gasteiger partial charge in [0.1, 0.15) is 32.0 Å². The predicted octanol–water partition coefficient (Wildman–Crippen LogP) is 19.9. The van der Waals surface area contributed by atoms with Crippen molar-refractivity contribution < 1.29 is 64.7 Å². The molecule has 8 heterocycles. The van der Waals surface area contributed by atoms with Crippen molar-refractivity contribution in [2.24, 2.45) is 0 Å². The maximum absolute atomic E-state index is 14.3. The zero-order valence-electron chi connectivity index (χ0n) is 66.7. The van der Waals surface area contributed by atoms with Crippen molar-refractivity contribution in [2.45, 2.75) is 122 Å². The number of nitrogens with one attached hydrogen (secondary N) is 8. The Balaban J connectivity index is 0.000000263.